The molecule has 3 aromatic rings. The summed E-state index contributed by atoms with van der Waals surface area (Å²) in [5.41, 5.74) is 4.56. The summed E-state index contributed by atoms with van der Waals surface area (Å²) in [7, 11) is 6.49. The van der Waals surface area contributed by atoms with Crippen molar-refractivity contribution in [2.75, 3.05) is 28.4 Å². The summed E-state index contributed by atoms with van der Waals surface area (Å²) in [6, 6.07) is 18.9. The van der Waals surface area contributed by atoms with Gasteiger partial charge in [-0.25, -0.2) is 5.01 Å². The van der Waals surface area contributed by atoms with Crippen LogP contribution in [-0.2, 0) is 0 Å². The van der Waals surface area contributed by atoms with E-state index in [2.05, 4.69) is 22.0 Å². The number of halogens is 1. The molecule has 0 spiro atoms. The van der Waals surface area contributed by atoms with Gasteiger partial charge in [-0.2, -0.15) is 5.10 Å². The van der Waals surface area contributed by atoms with E-state index in [4.69, 9.17) is 24.0 Å². The molecular formula is C31H31BrN2O5. The monoisotopic (exact) mass is 590 g/mol. The largest absolute Gasteiger partial charge is 0.493 e. The molecule has 1 saturated carbocycles. The van der Waals surface area contributed by atoms with Crippen molar-refractivity contribution in [2.24, 2.45) is 11.0 Å². The van der Waals surface area contributed by atoms with E-state index in [9.17, 15) is 4.79 Å². The van der Waals surface area contributed by atoms with Crippen molar-refractivity contribution < 1.29 is 23.7 Å². The molecule has 1 fully saturated rings. The molecule has 0 radical (unpaired) electrons. The normalized spacial score (nSPS) is 19.4. The molecule has 0 saturated heterocycles. The van der Waals surface area contributed by atoms with Crippen molar-refractivity contribution in [2.45, 2.75) is 25.3 Å². The maximum atomic E-state index is 14.0. The van der Waals surface area contributed by atoms with Gasteiger partial charge in [0.1, 0.15) is 0 Å². The van der Waals surface area contributed by atoms with Gasteiger partial charge in [-0.1, -0.05) is 24.3 Å². The Hall–Kier alpha value is -3.78. The van der Waals surface area contributed by atoms with E-state index >= 15 is 0 Å². The zero-order chi connectivity index (χ0) is 27.5. The van der Waals surface area contributed by atoms with E-state index in [1.807, 2.05) is 60.7 Å². The van der Waals surface area contributed by atoms with E-state index in [0.29, 0.717) is 28.6 Å². The van der Waals surface area contributed by atoms with Crippen LogP contribution in [0.2, 0.25) is 0 Å². The highest BCUT2D eigenvalue weighted by molar-refractivity contribution is 9.10. The van der Waals surface area contributed by atoms with Gasteiger partial charge in [0.2, 0.25) is 0 Å². The van der Waals surface area contributed by atoms with E-state index in [1.54, 1.807) is 33.4 Å². The molecule has 3 aromatic carbocycles. The van der Waals surface area contributed by atoms with Crippen LogP contribution in [0.3, 0.4) is 0 Å². The van der Waals surface area contributed by atoms with Crippen molar-refractivity contribution in [1.82, 2.24) is 5.01 Å². The SMILES string of the molecule is COc1ccc(/C=C2\CCC[C@@H]3C2=NN(C(=O)c2ccccc2Br)[C@@H]3c2ccc(OC)c(OC)c2)cc1OC. The van der Waals surface area contributed by atoms with Crippen LogP contribution in [0.5, 0.6) is 23.0 Å². The number of hydrogen-bond acceptors (Lipinski definition) is 6. The topological polar surface area (TPSA) is 69.6 Å². The lowest BCUT2D eigenvalue weighted by Crippen LogP contribution is -2.32. The molecule has 1 aliphatic carbocycles. The van der Waals surface area contributed by atoms with Gasteiger partial charge in [0.25, 0.3) is 5.91 Å². The molecule has 1 amide bonds. The molecule has 202 valence electrons. The number of amides is 1. The number of nitrogens with zero attached hydrogens (tertiary/aromatic N) is 2. The minimum absolute atomic E-state index is 0.0367. The molecule has 2 aliphatic rings. The summed E-state index contributed by atoms with van der Waals surface area (Å²) in [4.78, 5) is 14.0. The van der Waals surface area contributed by atoms with Crippen molar-refractivity contribution in [3.05, 3.63) is 87.4 Å². The summed E-state index contributed by atoms with van der Waals surface area (Å²) in [5, 5.41) is 6.67. The van der Waals surface area contributed by atoms with Crippen molar-refractivity contribution >= 4 is 33.6 Å². The first kappa shape index (κ1) is 26.8. The van der Waals surface area contributed by atoms with Crippen LogP contribution in [0.1, 0.15) is 46.8 Å². The minimum atomic E-state index is -0.284. The van der Waals surface area contributed by atoms with Crippen LogP contribution < -0.4 is 18.9 Å². The molecule has 1 heterocycles. The average Bonchev–Trinajstić information content (AvgIpc) is 3.37. The van der Waals surface area contributed by atoms with E-state index < -0.39 is 0 Å². The van der Waals surface area contributed by atoms with Crippen molar-refractivity contribution in [3.63, 3.8) is 0 Å². The minimum Gasteiger partial charge on any atom is -0.493 e. The highest BCUT2D eigenvalue weighted by Crippen LogP contribution is 2.46. The summed E-state index contributed by atoms with van der Waals surface area (Å²) < 4.78 is 22.7. The average molecular weight is 592 g/mol. The predicted molar refractivity (Wildman–Crippen MR) is 155 cm³/mol. The Morgan fingerprint density at radius 2 is 1.56 bits per heavy atom. The lowest BCUT2D eigenvalue weighted by molar-refractivity contribution is 0.0679. The fourth-order valence-corrected chi connectivity index (χ4v) is 5.89. The van der Waals surface area contributed by atoms with Gasteiger partial charge in [-0.3, -0.25) is 4.79 Å². The smallest absolute Gasteiger partial charge is 0.275 e. The number of ether oxygens (including phenoxy) is 4. The molecule has 0 unspecified atom stereocenters. The number of allylic oxidation sites excluding steroid dienone is 1. The number of fused-ring (bicyclic) bond motifs is 1. The molecular weight excluding hydrogens is 560 g/mol. The first-order valence-electron chi connectivity index (χ1n) is 12.8. The third-order valence-corrected chi connectivity index (χ3v) is 8.00. The number of benzene rings is 3. The van der Waals surface area contributed by atoms with Crippen LogP contribution >= 0.6 is 15.9 Å². The predicted octanol–water partition coefficient (Wildman–Crippen LogP) is 6.92. The quantitative estimate of drug-likeness (QED) is 0.299. The molecule has 1 aliphatic heterocycles. The molecule has 8 heteroatoms. The Morgan fingerprint density at radius 1 is 0.897 bits per heavy atom. The fourth-order valence-electron chi connectivity index (χ4n) is 5.44. The van der Waals surface area contributed by atoms with Gasteiger partial charge in [0, 0.05) is 10.4 Å². The maximum absolute atomic E-state index is 14.0. The molecule has 7 nitrogen and oxygen atoms in total. The molecule has 5 rings (SSSR count). The summed E-state index contributed by atoms with van der Waals surface area (Å²) in [5.74, 6) is 2.49. The first-order chi connectivity index (χ1) is 19.0. The Balaban J connectivity index is 1.60. The van der Waals surface area contributed by atoms with Crippen LogP contribution in [0.4, 0.5) is 0 Å². The van der Waals surface area contributed by atoms with Crippen molar-refractivity contribution in [3.8, 4) is 23.0 Å². The first-order valence-corrected chi connectivity index (χ1v) is 13.6. The van der Waals surface area contributed by atoms with Gasteiger partial charge >= 0.3 is 0 Å². The summed E-state index contributed by atoms with van der Waals surface area (Å²) in [6.07, 6.45) is 4.93. The lowest BCUT2D eigenvalue weighted by atomic mass is 9.77. The molecule has 39 heavy (non-hydrogen) atoms. The number of methoxy groups -OCH3 is 4. The Bertz CT molecular complexity index is 1450. The van der Waals surface area contributed by atoms with E-state index in [0.717, 1.165) is 46.1 Å². The van der Waals surface area contributed by atoms with Crippen LogP contribution in [-0.4, -0.2) is 45.1 Å². The second kappa shape index (κ2) is 11.5. The van der Waals surface area contributed by atoms with E-state index in [1.165, 1.54) is 0 Å². The van der Waals surface area contributed by atoms with Gasteiger partial charge in [0.15, 0.2) is 23.0 Å². The zero-order valence-electron chi connectivity index (χ0n) is 22.4. The Morgan fingerprint density at radius 3 is 2.26 bits per heavy atom. The molecule has 2 atom stereocenters. The van der Waals surface area contributed by atoms with E-state index in [-0.39, 0.29) is 17.9 Å². The van der Waals surface area contributed by atoms with Gasteiger partial charge < -0.3 is 18.9 Å². The highest BCUT2D eigenvalue weighted by atomic mass is 79.9. The highest BCUT2D eigenvalue weighted by Gasteiger charge is 2.44. The van der Waals surface area contributed by atoms with Crippen LogP contribution in [0.15, 0.2) is 75.8 Å². The Labute approximate surface area is 237 Å². The lowest BCUT2D eigenvalue weighted by Gasteiger charge is -2.30. The second-order valence-corrected chi connectivity index (χ2v) is 10.3. The summed E-state index contributed by atoms with van der Waals surface area (Å²) >= 11 is 3.55. The summed E-state index contributed by atoms with van der Waals surface area (Å²) in [6.45, 7) is 0. The third-order valence-electron chi connectivity index (χ3n) is 7.31. The maximum Gasteiger partial charge on any atom is 0.275 e. The number of carbonyl (C=O) groups excluding carboxylic acids is 1. The number of hydrazone groups is 1. The number of hydrogen-bond donors (Lipinski definition) is 0. The zero-order valence-corrected chi connectivity index (χ0v) is 24.0. The third kappa shape index (κ3) is 5.13. The van der Waals surface area contributed by atoms with Crippen LogP contribution in [0, 0.1) is 5.92 Å². The van der Waals surface area contributed by atoms with Gasteiger partial charge in [-0.15, -0.1) is 0 Å². The fraction of sp³-hybridized carbons (Fsp3) is 0.290. The molecule has 0 N–H and O–H groups in total. The van der Waals surface area contributed by atoms with Gasteiger partial charge in [0.05, 0.1) is 45.8 Å². The number of rotatable bonds is 7. The number of carbonyl (C=O) groups is 1. The molecule has 0 aromatic heterocycles. The van der Waals surface area contributed by atoms with Gasteiger partial charge in [-0.05, 0) is 94.4 Å². The van der Waals surface area contributed by atoms with Crippen LogP contribution in [0.25, 0.3) is 6.08 Å². The standard InChI is InChI=1S/C31H31BrN2O5/c1-36-25-14-12-19(17-27(25)38-3)16-20-8-7-10-23-29(20)33-34(31(35)22-9-5-6-11-24(22)32)30(23)21-13-15-26(37-2)28(18-21)39-4/h5-6,9,11-18,23,30H,7-8,10H2,1-4H3/b20-16+/t23-,30-/m1/s1. The second-order valence-electron chi connectivity index (χ2n) is 9.46. The Kier molecular flexibility index (Phi) is 7.93. The van der Waals surface area contributed by atoms with Crippen molar-refractivity contribution in [1.29, 1.82) is 0 Å². The molecule has 0 bridgehead atoms.